The molecule has 4 rings (SSSR count). The van der Waals surface area contributed by atoms with E-state index in [0.717, 1.165) is 51.0 Å². The number of likely N-dealkylation sites (tertiary alicyclic amines) is 1. The summed E-state index contributed by atoms with van der Waals surface area (Å²) in [7, 11) is 0. The molecule has 2 aliphatic heterocycles. The van der Waals surface area contributed by atoms with Gasteiger partial charge in [-0.3, -0.25) is 14.7 Å². The molecule has 0 unspecified atom stereocenters. The number of carbonyl (C=O) groups is 2. The quantitative estimate of drug-likeness (QED) is 0.701. The Hall–Kier alpha value is -2.20. The molecule has 1 aromatic heterocycles. The number of aliphatic carboxylic acids is 1. The Morgan fingerprint density at radius 2 is 1.97 bits per heavy atom. The minimum Gasteiger partial charge on any atom is -0.475 e. The summed E-state index contributed by atoms with van der Waals surface area (Å²) in [6.45, 7) is 5.45. The van der Waals surface area contributed by atoms with Crippen LogP contribution in [0.5, 0.6) is 0 Å². The van der Waals surface area contributed by atoms with Gasteiger partial charge in [0.15, 0.2) is 0 Å². The van der Waals surface area contributed by atoms with Crippen molar-refractivity contribution in [2.45, 2.75) is 32.0 Å². The van der Waals surface area contributed by atoms with Crippen molar-refractivity contribution in [2.75, 3.05) is 32.8 Å². The molecule has 1 aromatic rings. The van der Waals surface area contributed by atoms with E-state index in [0.29, 0.717) is 24.2 Å². The van der Waals surface area contributed by atoms with E-state index >= 15 is 0 Å². The number of amides is 1. The summed E-state index contributed by atoms with van der Waals surface area (Å²) in [6.07, 6.45) is -0.0557. The SMILES string of the molecule is O=C(C[C@@H]1COC[C@H]2CN(Cc3ccccn3)C[C@@H]12)NCC1CC1.O=C(O)C(F)(F)F. The second kappa shape index (κ2) is 10.4. The van der Waals surface area contributed by atoms with E-state index in [4.69, 9.17) is 14.6 Å². The number of alkyl halides is 3. The maximum atomic E-state index is 12.2. The second-order valence-electron chi connectivity index (χ2n) is 8.49. The molecule has 1 amide bonds. The zero-order valence-corrected chi connectivity index (χ0v) is 17.2. The highest BCUT2D eigenvalue weighted by atomic mass is 19.4. The van der Waals surface area contributed by atoms with Gasteiger partial charge in [-0.1, -0.05) is 6.07 Å². The lowest BCUT2D eigenvalue weighted by Crippen LogP contribution is -2.38. The first kappa shape index (κ1) is 23.5. The maximum Gasteiger partial charge on any atom is 0.490 e. The fourth-order valence-electron chi connectivity index (χ4n) is 4.14. The van der Waals surface area contributed by atoms with Gasteiger partial charge in [0.1, 0.15) is 0 Å². The van der Waals surface area contributed by atoms with Crippen molar-refractivity contribution in [1.82, 2.24) is 15.2 Å². The summed E-state index contributed by atoms with van der Waals surface area (Å²) < 4.78 is 37.5. The molecule has 0 radical (unpaired) electrons. The van der Waals surface area contributed by atoms with E-state index in [1.165, 1.54) is 12.8 Å². The molecule has 1 aliphatic carbocycles. The Kier molecular flexibility index (Phi) is 7.88. The highest BCUT2D eigenvalue weighted by Gasteiger charge is 2.41. The van der Waals surface area contributed by atoms with Crippen LogP contribution in [0.1, 0.15) is 25.0 Å². The predicted octanol–water partition coefficient (Wildman–Crippen LogP) is 2.33. The van der Waals surface area contributed by atoms with Crippen LogP contribution in [0.4, 0.5) is 13.2 Å². The lowest BCUT2D eigenvalue weighted by molar-refractivity contribution is -0.192. The van der Waals surface area contributed by atoms with Crippen molar-refractivity contribution >= 4 is 11.9 Å². The molecule has 10 heteroatoms. The molecule has 31 heavy (non-hydrogen) atoms. The van der Waals surface area contributed by atoms with Crippen LogP contribution in [-0.2, 0) is 20.9 Å². The predicted molar refractivity (Wildman–Crippen MR) is 105 cm³/mol. The number of nitrogens with one attached hydrogen (secondary N) is 1. The minimum absolute atomic E-state index is 0.208. The van der Waals surface area contributed by atoms with Gasteiger partial charge in [-0.25, -0.2) is 4.79 Å². The van der Waals surface area contributed by atoms with E-state index in [2.05, 4.69) is 21.3 Å². The zero-order chi connectivity index (χ0) is 22.4. The van der Waals surface area contributed by atoms with Crippen molar-refractivity contribution < 1.29 is 32.6 Å². The van der Waals surface area contributed by atoms with Gasteiger partial charge in [-0.05, 0) is 48.6 Å². The zero-order valence-electron chi connectivity index (χ0n) is 17.2. The molecule has 1 saturated carbocycles. The van der Waals surface area contributed by atoms with Gasteiger partial charge < -0.3 is 15.2 Å². The molecule has 2 N–H and O–H groups in total. The first-order valence-corrected chi connectivity index (χ1v) is 10.5. The number of hydrogen-bond acceptors (Lipinski definition) is 5. The van der Waals surface area contributed by atoms with Crippen LogP contribution in [0.2, 0.25) is 0 Å². The molecule has 3 heterocycles. The van der Waals surface area contributed by atoms with Crippen molar-refractivity contribution in [3.63, 3.8) is 0 Å². The van der Waals surface area contributed by atoms with Crippen LogP contribution in [0.15, 0.2) is 24.4 Å². The Balaban J connectivity index is 0.000000339. The Labute approximate surface area is 179 Å². The van der Waals surface area contributed by atoms with E-state index in [-0.39, 0.29) is 5.91 Å². The summed E-state index contributed by atoms with van der Waals surface area (Å²) in [4.78, 5) is 28.0. The fourth-order valence-corrected chi connectivity index (χ4v) is 4.14. The summed E-state index contributed by atoms with van der Waals surface area (Å²) in [6, 6.07) is 6.08. The first-order chi connectivity index (χ1) is 14.7. The average molecular weight is 443 g/mol. The number of carbonyl (C=O) groups excluding carboxylic acids is 1. The fraction of sp³-hybridized carbons (Fsp3) is 0.667. The third-order valence-corrected chi connectivity index (χ3v) is 5.92. The lowest BCUT2D eigenvalue weighted by Gasteiger charge is -2.32. The number of hydrogen-bond donors (Lipinski definition) is 2. The number of fused-ring (bicyclic) bond motifs is 1. The van der Waals surface area contributed by atoms with E-state index < -0.39 is 12.1 Å². The topological polar surface area (TPSA) is 91.8 Å². The molecule has 0 aromatic carbocycles. The number of ether oxygens (including phenoxy) is 1. The number of rotatable bonds is 6. The maximum absolute atomic E-state index is 12.2. The Morgan fingerprint density at radius 3 is 2.58 bits per heavy atom. The summed E-state index contributed by atoms with van der Waals surface area (Å²) in [5, 5.41) is 10.2. The molecule has 3 aliphatic rings. The van der Waals surface area contributed by atoms with Gasteiger partial charge in [0.2, 0.25) is 5.91 Å². The summed E-state index contributed by atoms with van der Waals surface area (Å²) >= 11 is 0. The van der Waals surface area contributed by atoms with Gasteiger partial charge in [0.05, 0.1) is 18.9 Å². The van der Waals surface area contributed by atoms with Crippen LogP contribution in [0.3, 0.4) is 0 Å². The Morgan fingerprint density at radius 1 is 1.23 bits per heavy atom. The van der Waals surface area contributed by atoms with E-state index in [9.17, 15) is 18.0 Å². The molecular formula is C21H28F3N3O4. The first-order valence-electron chi connectivity index (χ1n) is 10.5. The number of aromatic nitrogens is 1. The molecule has 0 spiro atoms. The van der Waals surface area contributed by atoms with Gasteiger partial charge in [-0.2, -0.15) is 13.2 Å². The average Bonchev–Trinajstić information content (AvgIpc) is 3.45. The minimum atomic E-state index is -5.08. The van der Waals surface area contributed by atoms with Crippen LogP contribution < -0.4 is 5.32 Å². The van der Waals surface area contributed by atoms with Crippen molar-refractivity contribution in [2.24, 2.45) is 23.7 Å². The van der Waals surface area contributed by atoms with E-state index in [1.807, 2.05) is 18.3 Å². The number of carboxylic acids is 1. The molecule has 3 fully saturated rings. The van der Waals surface area contributed by atoms with Crippen molar-refractivity contribution in [1.29, 1.82) is 0 Å². The number of carboxylic acid groups (broad SMARTS) is 1. The smallest absolute Gasteiger partial charge is 0.475 e. The van der Waals surface area contributed by atoms with E-state index in [1.54, 1.807) is 0 Å². The van der Waals surface area contributed by atoms with Crippen LogP contribution in [0.25, 0.3) is 0 Å². The molecule has 3 atom stereocenters. The largest absolute Gasteiger partial charge is 0.490 e. The highest BCUT2D eigenvalue weighted by molar-refractivity contribution is 5.76. The van der Waals surface area contributed by atoms with Gasteiger partial charge in [-0.15, -0.1) is 0 Å². The van der Waals surface area contributed by atoms with Crippen LogP contribution in [0, 0.1) is 23.7 Å². The Bertz CT molecular complexity index is 743. The summed E-state index contributed by atoms with van der Waals surface area (Å²) in [5.41, 5.74) is 1.12. The number of nitrogens with zero attached hydrogens (tertiary/aromatic N) is 2. The molecule has 0 bridgehead atoms. The molecule has 2 saturated heterocycles. The third kappa shape index (κ3) is 7.46. The molecular weight excluding hydrogens is 415 g/mol. The highest BCUT2D eigenvalue weighted by Crippen LogP contribution is 2.36. The second-order valence-corrected chi connectivity index (χ2v) is 8.49. The molecule has 172 valence electrons. The standard InChI is InChI=1S/C19H27N3O2.C2HF3O2/c23-19(21-8-14-4-5-14)7-15-12-24-13-16-9-22(11-18(15)16)10-17-3-1-2-6-20-17;3-2(4,5)1(6)7/h1-3,6,14-16,18H,4-5,7-13H2,(H,21,23);(H,6,7)/t15-,16-,18+;/m1./s1. The lowest BCUT2D eigenvalue weighted by atomic mass is 9.81. The van der Waals surface area contributed by atoms with Crippen molar-refractivity contribution in [3.8, 4) is 0 Å². The molecule has 7 nitrogen and oxygen atoms in total. The van der Waals surface area contributed by atoms with Crippen molar-refractivity contribution in [3.05, 3.63) is 30.1 Å². The number of halogens is 3. The third-order valence-electron chi connectivity index (χ3n) is 5.92. The van der Waals surface area contributed by atoms with Crippen LogP contribution in [-0.4, -0.2) is 65.9 Å². The van der Waals surface area contributed by atoms with Crippen LogP contribution >= 0.6 is 0 Å². The van der Waals surface area contributed by atoms with Gasteiger partial charge in [0, 0.05) is 38.8 Å². The normalized spacial score (nSPS) is 25.8. The monoisotopic (exact) mass is 443 g/mol. The number of pyridine rings is 1. The van der Waals surface area contributed by atoms with Gasteiger partial charge >= 0.3 is 12.1 Å². The summed E-state index contributed by atoms with van der Waals surface area (Å²) in [5.74, 6) is -0.314. The van der Waals surface area contributed by atoms with Gasteiger partial charge in [0.25, 0.3) is 0 Å².